The molecule has 0 bridgehead atoms. The highest BCUT2D eigenvalue weighted by atomic mass is 16.3. The molecule has 1 aromatic carbocycles. The van der Waals surface area contributed by atoms with Gasteiger partial charge in [0.2, 0.25) is 0 Å². The molecular formula is C15H19NO. The third-order valence-electron chi connectivity index (χ3n) is 3.16. The van der Waals surface area contributed by atoms with E-state index in [-0.39, 0.29) is 12.6 Å². The summed E-state index contributed by atoms with van der Waals surface area (Å²) in [6, 6.07) is 14.6. The lowest BCUT2D eigenvalue weighted by molar-refractivity contribution is 0.194. The maximum atomic E-state index is 9.52. The highest BCUT2D eigenvalue weighted by Gasteiger charge is 2.16. The van der Waals surface area contributed by atoms with E-state index in [9.17, 15) is 5.11 Å². The van der Waals surface area contributed by atoms with Crippen molar-refractivity contribution in [2.24, 2.45) is 5.92 Å². The van der Waals surface area contributed by atoms with Crippen LogP contribution in [0.1, 0.15) is 19.9 Å². The number of benzene rings is 1. The monoisotopic (exact) mass is 229 g/mol. The van der Waals surface area contributed by atoms with E-state index in [0.29, 0.717) is 5.92 Å². The number of nitrogens with zero attached hydrogens (tertiary/aromatic N) is 1. The number of rotatable bonds is 4. The van der Waals surface area contributed by atoms with Crippen molar-refractivity contribution in [1.82, 2.24) is 4.57 Å². The Morgan fingerprint density at radius 2 is 1.76 bits per heavy atom. The maximum Gasteiger partial charge on any atom is 0.0641 e. The number of aliphatic hydroxyl groups excluding tert-OH is 1. The zero-order chi connectivity index (χ0) is 12.3. The molecule has 17 heavy (non-hydrogen) atoms. The molecule has 0 aliphatic carbocycles. The van der Waals surface area contributed by atoms with Gasteiger partial charge in [0.25, 0.3) is 0 Å². The summed E-state index contributed by atoms with van der Waals surface area (Å²) < 4.78 is 2.17. The summed E-state index contributed by atoms with van der Waals surface area (Å²) >= 11 is 0. The second-order valence-electron chi connectivity index (χ2n) is 4.66. The zero-order valence-corrected chi connectivity index (χ0v) is 10.4. The minimum atomic E-state index is 0.139. The van der Waals surface area contributed by atoms with Crippen LogP contribution in [0.2, 0.25) is 0 Å². The summed E-state index contributed by atoms with van der Waals surface area (Å²) in [5.74, 6) is 0.412. The lowest BCUT2D eigenvalue weighted by Gasteiger charge is -2.23. The molecule has 2 aromatic rings. The van der Waals surface area contributed by atoms with Crippen LogP contribution in [-0.2, 0) is 0 Å². The standard InChI is InChI=1S/C15H19NO/c1-12(2)15(11-17)16-10-6-9-14(16)13-7-4-3-5-8-13/h3-10,12,15,17H,11H2,1-2H3. The normalized spacial score (nSPS) is 12.9. The number of aliphatic hydroxyl groups is 1. The molecule has 0 saturated heterocycles. The van der Waals surface area contributed by atoms with Crippen molar-refractivity contribution in [3.63, 3.8) is 0 Å². The molecule has 2 nitrogen and oxygen atoms in total. The minimum Gasteiger partial charge on any atom is -0.394 e. The van der Waals surface area contributed by atoms with Gasteiger partial charge in [-0.1, -0.05) is 44.2 Å². The molecule has 1 unspecified atom stereocenters. The molecule has 1 atom stereocenters. The molecule has 1 heterocycles. The molecular weight excluding hydrogens is 210 g/mol. The van der Waals surface area contributed by atoms with Crippen molar-refractivity contribution in [2.45, 2.75) is 19.9 Å². The maximum absolute atomic E-state index is 9.52. The quantitative estimate of drug-likeness (QED) is 0.854. The lowest BCUT2D eigenvalue weighted by Crippen LogP contribution is -2.19. The van der Waals surface area contributed by atoms with Gasteiger partial charge in [0.05, 0.1) is 12.6 Å². The van der Waals surface area contributed by atoms with Gasteiger partial charge in [-0.3, -0.25) is 0 Å². The zero-order valence-electron chi connectivity index (χ0n) is 10.4. The number of hydrogen-bond donors (Lipinski definition) is 1. The van der Waals surface area contributed by atoms with Gasteiger partial charge in [0.15, 0.2) is 0 Å². The first-order valence-electron chi connectivity index (χ1n) is 6.07. The first kappa shape index (κ1) is 11.9. The van der Waals surface area contributed by atoms with Crippen LogP contribution in [0.15, 0.2) is 48.7 Å². The van der Waals surface area contributed by atoms with E-state index in [0.717, 1.165) is 0 Å². The first-order chi connectivity index (χ1) is 8.24. The Balaban J connectivity index is 2.41. The predicted molar refractivity (Wildman–Crippen MR) is 70.8 cm³/mol. The summed E-state index contributed by atoms with van der Waals surface area (Å²) in [4.78, 5) is 0. The average molecular weight is 229 g/mol. The van der Waals surface area contributed by atoms with Crippen LogP contribution in [0.5, 0.6) is 0 Å². The molecule has 0 spiro atoms. The summed E-state index contributed by atoms with van der Waals surface area (Å²) in [6.45, 7) is 4.44. The van der Waals surface area contributed by atoms with Gasteiger partial charge in [-0.15, -0.1) is 0 Å². The molecule has 1 N–H and O–H groups in total. The molecule has 0 saturated carbocycles. The number of aromatic nitrogens is 1. The largest absolute Gasteiger partial charge is 0.394 e. The van der Waals surface area contributed by atoms with Crippen LogP contribution >= 0.6 is 0 Å². The van der Waals surface area contributed by atoms with E-state index in [4.69, 9.17) is 0 Å². The number of hydrogen-bond acceptors (Lipinski definition) is 1. The van der Waals surface area contributed by atoms with E-state index >= 15 is 0 Å². The van der Waals surface area contributed by atoms with Crippen LogP contribution < -0.4 is 0 Å². The fraction of sp³-hybridized carbons (Fsp3) is 0.333. The van der Waals surface area contributed by atoms with Crippen molar-refractivity contribution in [3.8, 4) is 11.3 Å². The Morgan fingerprint density at radius 1 is 1.06 bits per heavy atom. The van der Waals surface area contributed by atoms with Gasteiger partial charge < -0.3 is 9.67 Å². The Labute approximate surface area is 103 Å². The SMILES string of the molecule is CC(C)C(CO)n1cccc1-c1ccccc1. The Bertz CT molecular complexity index is 459. The van der Waals surface area contributed by atoms with Gasteiger partial charge in [0.1, 0.15) is 0 Å². The lowest BCUT2D eigenvalue weighted by atomic mass is 10.0. The second-order valence-corrected chi connectivity index (χ2v) is 4.66. The van der Waals surface area contributed by atoms with Crippen molar-refractivity contribution in [2.75, 3.05) is 6.61 Å². The van der Waals surface area contributed by atoms with Gasteiger partial charge in [-0.05, 0) is 23.6 Å². The van der Waals surface area contributed by atoms with E-state index in [1.807, 2.05) is 30.5 Å². The Hall–Kier alpha value is -1.54. The first-order valence-corrected chi connectivity index (χ1v) is 6.07. The van der Waals surface area contributed by atoms with Crippen LogP contribution in [0.25, 0.3) is 11.3 Å². The van der Waals surface area contributed by atoms with Gasteiger partial charge in [-0.2, -0.15) is 0 Å². The highest BCUT2D eigenvalue weighted by molar-refractivity contribution is 5.60. The highest BCUT2D eigenvalue weighted by Crippen LogP contribution is 2.26. The molecule has 90 valence electrons. The molecule has 1 aromatic heterocycles. The summed E-state index contributed by atoms with van der Waals surface area (Å²) in [5.41, 5.74) is 2.36. The summed E-state index contributed by atoms with van der Waals surface area (Å²) in [6.07, 6.45) is 2.04. The van der Waals surface area contributed by atoms with Crippen molar-refractivity contribution >= 4 is 0 Å². The topological polar surface area (TPSA) is 25.2 Å². The van der Waals surface area contributed by atoms with E-state index in [1.54, 1.807) is 0 Å². The third-order valence-corrected chi connectivity index (χ3v) is 3.16. The van der Waals surface area contributed by atoms with Crippen molar-refractivity contribution in [1.29, 1.82) is 0 Å². The molecule has 0 aliphatic rings. The fourth-order valence-corrected chi connectivity index (χ4v) is 2.16. The Kier molecular flexibility index (Phi) is 3.64. The molecule has 0 amide bonds. The molecule has 0 aliphatic heterocycles. The van der Waals surface area contributed by atoms with Crippen LogP contribution in [0.4, 0.5) is 0 Å². The van der Waals surface area contributed by atoms with E-state index in [2.05, 4.69) is 36.6 Å². The van der Waals surface area contributed by atoms with Crippen molar-refractivity contribution in [3.05, 3.63) is 48.7 Å². The fourth-order valence-electron chi connectivity index (χ4n) is 2.16. The smallest absolute Gasteiger partial charge is 0.0641 e. The summed E-state index contributed by atoms with van der Waals surface area (Å²) in [5, 5.41) is 9.52. The minimum absolute atomic E-state index is 0.139. The molecule has 2 rings (SSSR count). The molecule has 0 radical (unpaired) electrons. The average Bonchev–Trinajstić information content (AvgIpc) is 2.80. The van der Waals surface area contributed by atoms with E-state index < -0.39 is 0 Å². The second kappa shape index (κ2) is 5.19. The molecule has 2 heteroatoms. The van der Waals surface area contributed by atoms with Gasteiger partial charge in [0, 0.05) is 11.9 Å². The van der Waals surface area contributed by atoms with Crippen LogP contribution in [0, 0.1) is 5.92 Å². The van der Waals surface area contributed by atoms with Gasteiger partial charge in [-0.25, -0.2) is 0 Å². The molecule has 0 fully saturated rings. The van der Waals surface area contributed by atoms with Gasteiger partial charge >= 0.3 is 0 Å². The Morgan fingerprint density at radius 3 is 2.35 bits per heavy atom. The van der Waals surface area contributed by atoms with E-state index in [1.165, 1.54) is 11.3 Å². The van der Waals surface area contributed by atoms with Crippen LogP contribution in [0.3, 0.4) is 0 Å². The predicted octanol–water partition coefficient (Wildman–Crippen LogP) is 3.34. The summed E-state index contributed by atoms with van der Waals surface area (Å²) in [7, 11) is 0. The van der Waals surface area contributed by atoms with Crippen LogP contribution in [-0.4, -0.2) is 16.3 Å². The van der Waals surface area contributed by atoms with Crippen molar-refractivity contribution < 1.29 is 5.11 Å². The third kappa shape index (κ3) is 2.42.